The second-order valence-electron chi connectivity index (χ2n) is 5.00. The molecule has 0 heterocycles. The topological polar surface area (TPSA) is 49.3 Å². The van der Waals surface area contributed by atoms with E-state index in [1.54, 1.807) is 0 Å². The first kappa shape index (κ1) is 14.1. The van der Waals surface area contributed by atoms with Crippen LogP contribution in [-0.4, -0.2) is 11.1 Å². The highest BCUT2D eigenvalue weighted by Crippen LogP contribution is 2.23. The minimum Gasteiger partial charge on any atom is -0.481 e. The molecule has 104 valence electrons. The van der Waals surface area contributed by atoms with Crippen molar-refractivity contribution in [3.05, 3.63) is 65.2 Å². The van der Waals surface area contributed by atoms with Gasteiger partial charge in [-0.25, -0.2) is 0 Å². The first-order valence-electron chi connectivity index (χ1n) is 6.69. The Hall–Kier alpha value is -2.29. The summed E-state index contributed by atoms with van der Waals surface area (Å²) >= 11 is 0. The summed E-state index contributed by atoms with van der Waals surface area (Å²) in [6.07, 6.45) is 0.0648. The lowest BCUT2D eigenvalue weighted by Crippen LogP contribution is -2.08. The third-order valence-corrected chi connectivity index (χ3v) is 3.32. The molecule has 0 aromatic heterocycles. The summed E-state index contributed by atoms with van der Waals surface area (Å²) in [7, 11) is 0. The average Bonchev–Trinajstić information content (AvgIpc) is 2.42. The molecule has 0 fully saturated rings. The van der Waals surface area contributed by atoms with E-state index in [4.69, 9.17) is 5.11 Å². The Morgan fingerprint density at radius 3 is 2.50 bits per heavy atom. The van der Waals surface area contributed by atoms with Crippen LogP contribution < -0.4 is 5.32 Å². The van der Waals surface area contributed by atoms with Crippen molar-refractivity contribution in [3.8, 4) is 0 Å². The van der Waals surface area contributed by atoms with Crippen LogP contribution >= 0.6 is 0 Å². The summed E-state index contributed by atoms with van der Waals surface area (Å²) < 4.78 is 0. The van der Waals surface area contributed by atoms with Crippen molar-refractivity contribution in [2.75, 3.05) is 5.32 Å². The molecule has 0 amide bonds. The first-order valence-corrected chi connectivity index (χ1v) is 6.69. The molecule has 0 radical (unpaired) electrons. The Labute approximate surface area is 119 Å². The molecule has 2 aromatic carbocycles. The zero-order valence-electron chi connectivity index (χ0n) is 11.8. The van der Waals surface area contributed by atoms with Gasteiger partial charge in [0.2, 0.25) is 0 Å². The van der Waals surface area contributed by atoms with Crippen LogP contribution in [0.4, 0.5) is 5.69 Å². The predicted octanol–water partition coefficient (Wildman–Crippen LogP) is 3.80. The van der Waals surface area contributed by atoms with E-state index in [2.05, 4.69) is 24.4 Å². The van der Waals surface area contributed by atoms with Crippen molar-refractivity contribution in [3.63, 3.8) is 0 Å². The Bertz CT molecular complexity index is 593. The molecule has 1 unspecified atom stereocenters. The molecule has 2 aromatic rings. The fourth-order valence-corrected chi connectivity index (χ4v) is 2.23. The summed E-state index contributed by atoms with van der Waals surface area (Å²) in [5.74, 6) is -0.803. The summed E-state index contributed by atoms with van der Waals surface area (Å²) in [6, 6.07) is 16.2. The molecular weight excluding hydrogens is 250 g/mol. The minimum atomic E-state index is -0.803. The lowest BCUT2D eigenvalue weighted by molar-refractivity contribution is -0.136. The largest absolute Gasteiger partial charge is 0.481 e. The highest BCUT2D eigenvalue weighted by molar-refractivity contribution is 5.70. The normalized spacial score (nSPS) is 11.9. The van der Waals surface area contributed by atoms with E-state index >= 15 is 0 Å². The zero-order valence-corrected chi connectivity index (χ0v) is 11.8. The lowest BCUT2D eigenvalue weighted by Gasteiger charge is -2.18. The molecule has 0 saturated carbocycles. The zero-order chi connectivity index (χ0) is 14.5. The molecule has 1 atom stereocenters. The number of aliphatic carboxylic acids is 1. The highest BCUT2D eigenvalue weighted by atomic mass is 16.4. The molecule has 0 aliphatic rings. The Balaban J connectivity index is 2.12. The van der Waals surface area contributed by atoms with Gasteiger partial charge in [-0.05, 0) is 36.6 Å². The number of benzene rings is 2. The molecule has 0 aliphatic heterocycles. The van der Waals surface area contributed by atoms with Gasteiger partial charge in [-0.2, -0.15) is 0 Å². The fourth-order valence-electron chi connectivity index (χ4n) is 2.23. The second kappa shape index (κ2) is 6.24. The Morgan fingerprint density at radius 2 is 1.90 bits per heavy atom. The van der Waals surface area contributed by atoms with E-state index in [-0.39, 0.29) is 12.5 Å². The molecule has 0 aliphatic carbocycles. The van der Waals surface area contributed by atoms with E-state index in [0.29, 0.717) is 0 Å². The van der Waals surface area contributed by atoms with E-state index in [1.165, 1.54) is 5.56 Å². The van der Waals surface area contributed by atoms with Gasteiger partial charge in [0.15, 0.2) is 0 Å². The van der Waals surface area contributed by atoms with Gasteiger partial charge >= 0.3 is 5.97 Å². The van der Waals surface area contributed by atoms with Gasteiger partial charge in [0.05, 0.1) is 6.42 Å². The van der Waals surface area contributed by atoms with Crippen LogP contribution in [0.3, 0.4) is 0 Å². The van der Waals surface area contributed by atoms with Gasteiger partial charge in [-0.3, -0.25) is 4.79 Å². The molecule has 3 heteroatoms. The van der Waals surface area contributed by atoms with Crippen molar-refractivity contribution >= 4 is 11.7 Å². The van der Waals surface area contributed by atoms with Crippen LogP contribution in [0, 0.1) is 6.92 Å². The summed E-state index contributed by atoms with van der Waals surface area (Å²) in [4.78, 5) is 10.7. The molecule has 2 N–H and O–H groups in total. The monoisotopic (exact) mass is 269 g/mol. The van der Waals surface area contributed by atoms with E-state index in [1.807, 2.05) is 43.3 Å². The van der Waals surface area contributed by atoms with Crippen molar-refractivity contribution in [2.24, 2.45) is 0 Å². The molecule has 2 rings (SSSR count). The highest BCUT2D eigenvalue weighted by Gasteiger charge is 2.08. The Kier molecular flexibility index (Phi) is 4.41. The van der Waals surface area contributed by atoms with E-state index in [9.17, 15) is 4.79 Å². The van der Waals surface area contributed by atoms with Crippen LogP contribution in [0.2, 0.25) is 0 Å². The molecule has 0 saturated heterocycles. The molecule has 20 heavy (non-hydrogen) atoms. The number of anilines is 1. The van der Waals surface area contributed by atoms with E-state index < -0.39 is 5.97 Å². The van der Waals surface area contributed by atoms with Crippen LogP contribution in [0.15, 0.2) is 48.5 Å². The number of hydrogen-bond donors (Lipinski definition) is 2. The summed E-state index contributed by atoms with van der Waals surface area (Å²) in [6.45, 7) is 4.10. The predicted molar refractivity (Wildman–Crippen MR) is 81.0 cm³/mol. The summed E-state index contributed by atoms with van der Waals surface area (Å²) in [5, 5.41) is 12.3. The number of aryl methyl sites for hydroxylation is 1. The van der Waals surface area contributed by atoms with Crippen molar-refractivity contribution < 1.29 is 9.90 Å². The van der Waals surface area contributed by atoms with Gasteiger partial charge in [0, 0.05) is 11.7 Å². The number of carboxylic acids is 1. The number of rotatable bonds is 5. The smallest absolute Gasteiger partial charge is 0.307 e. The third-order valence-electron chi connectivity index (χ3n) is 3.32. The number of carbonyl (C=O) groups is 1. The second-order valence-corrected chi connectivity index (χ2v) is 5.00. The van der Waals surface area contributed by atoms with Gasteiger partial charge in [0.1, 0.15) is 0 Å². The van der Waals surface area contributed by atoms with Gasteiger partial charge < -0.3 is 10.4 Å². The van der Waals surface area contributed by atoms with Crippen LogP contribution in [0.25, 0.3) is 0 Å². The maximum absolute atomic E-state index is 10.7. The number of hydrogen-bond acceptors (Lipinski definition) is 2. The van der Waals surface area contributed by atoms with Crippen molar-refractivity contribution in [1.82, 2.24) is 0 Å². The van der Waals surface area contributed by atoms with E-state index in [0.717, 1.165) is 16.8 Å². The average molecular weight is 269 g/mol. The Morgan fingerprint density at radius 1 is 1.20 bits per heavy atom. The minimum absolute atomic E-state index is 0.0648. The van der Waals surface area contributed by atoms with Gasteiger partial charge in [-0.15, -0.1) is 0 Å². The van der Waals surface area contributed by atoms with Crippen LogP contribution in [-0.2, 0) is 11.2 Å². The molecular formula is C17H19NO2. The van der Waals surface area contributed by atoms with Crippen molar-refractivity contribution in [2.45, 2.75) is 26.3 Å². The molecule has 0 spiro atoms. The lowest BCUT2D eigenvalue weighted by atomic mass is 10.0. The third kappa shape index (κ3) is 3.60. The number of nitrogens with one attached hydrogen (secondary N) is 1. The van der Waals surface area contributed by atoms with Gasteiger partial charge in [-0.1, -0.05) is 42.5 Å². The maximum atomic E-state index is 10.7. The SMILES string of the molecule is Cc1cc(CC(=O)O)ccc1NC(C)c1ccccc1. The summed E-state index contributed by atoms with van der Waals surface area (Å²) in [5.41, 5.74) is 4.15. The molecule has 0 bridgehead atoms. The maximum Gasteiger partial charge on any atom is 0.307 e. The van der Waals surface area contributed by atoms with Gasteiger partial charge in [0.25, 0.3) is 0 Å². The first-order chi connectivity index (χ1) is 9.56. The van der Waals surface area contributed by atoms with Crippen LogP contribution in [0.5, 0.6) is 0 Å². The quantitative estimate of drug-likeness (QED) is 0.868. The fraction of sp³-hybridized carbons (Fsp3) is 0.235. The number of carboxylic acid groups (broad SMARTS) is 1. The van der Waals surface area contributed by atoms with Crippen molar-refractivity contribution in [1.29, 1.82) is 0 Å². The molecule has 3 nitrogen and oxygen atoms in total. The standard InChI is InChI=1S/C17H19NO2/c1-12-10-14(11-17(19)20)8-9-16(12)18-13(2)15-6-4-3-5-7-15/h3-10,13,18H,11H2,1-2H3,(H,19,20). The van der Waals surface area contributed by atoms with Crippen LogP contribution in [0.1, 0.15) is 29.7 Å².